The molecular weight excluding hydrogens is 344 g/mol. The molecule has 2 aromatic rings. The second kappa shape index (κ2) is 8.11. The van der Waals surface area contributed by atoms with Gasteiger partial charge in [0.15, 0.2) is 0 Å². The highest BCUT2D eigenvalue weighted by Gasteiger charge is 2.32. The highest BCUT2D eigenvalue weighted by Crippen LogP contribution is 2.41. The van der Waals surface area contributed by atoms with Gasteiger partial charge in [-0.25, -0.2) is 0 Å². The van der Waals surface area contributed by atoms with Gasteiger partial charge in [-0.2, -0.15) is 0 Å². The van der Waals surface area contributed by atoms with Crippen molar-refractivity contribution in [1.82, 2.24) is 0 Å². The largest absolute Gasteiger partial charge is 0.425 e. The fraction of sp³-hybridized carbons (Fsp3) is 0.500. The third kappa shape index (κ3) is 5.04. The molecule has 0 aliphatic heterocycles. The van der Waals surface area contributed by atoms with Gasteiger partial charge >= 0.3 is 5.97 Å². The van der Waals surface area contributed by atoms with E-state index in [0.29, 0.717) is 0 Å². The summed E-state index contributed by atoms with van der Waals surface area (Å²) >= 11 is 0. The van der Waals surface area contributed by atoms with Crippen LogP contribution < -0.4 is 4.74 Å². The van der Waals surface area contributed by atoms with Gasteiger partial charge in [0.2, 0.25) is 0 Å². The molecule has 0 amide bonds. The van der Waals surface area contributed by atoms with Crippen LogP contribution >= 0.6 is 0 Å². The number of hydrogen-bond donors (Lipinski definition) is 0. The first-order valence-corrected chi connectivity index (χ1v) is 10.2. The monoisotopic (exact) mass is 380 g/mol. The molecule has 2 heteroatoms. The van der Waals surface area contributed by atoms with Crippen LogP contribution in [0.2, 0.25) is 0 Å². The van der Waals surface area contributed by atoms with Gasteiger partial charge in [-0.1, -0.05) is 103 Å². The average molecular weight is 381 g/mol. The van der Waals surface area contributed by atoms with Gasteiger partial charge in [0.05, 0.1) is 5.92 Å². The molecule has 0 aromatic heterocycles. The summed E-state index contributed by atoms with van der Waals surface area (Å²) in [6, 6.07) is 14.3. The lowest BCUT2D eigenvalue weighted by Gasteiger charge is -2.31. The topological polar surface area (TPSA) is 26.3 Å². The zero-order valence-electron chi connectivity index (χ0n) is 19.0. The minimum absolute atomic E-state index is 0.123. The van der Waals surface area contributed by atoms with Gasteiger partial charge in [0, 0.05) is 11.1 Å². The Morgan fingerprint density at radius 2 is 1.32 bits per heavy atom. The quantitative estimate of drug-likeness (QED) is 0.424. The van der Waals surface area contributed by atoms with Gasteiger partial charge in [0.1, 0.15) is 5.75 Å². The minimum Gasteiger partial charge on any atom is -0.425 e. The number of aryl methyl sites for hydroxylation is 1. The molecule has 0 aliphatic carbocycles. The van der Waals surface area contributed by atoms with Crippen molar-refractivity contribution in [3.8, 4) is 5.75 Å². The van der Waals surface area contributed by atoms with Crippen molar-refractivity contribution in [3.05, 3.63) is 64.7 Å². The molecule has 1 atom stereocenters. The SMILES string of the molecule is Cc1cc(C(C)(C)C)c(OC(=O)C(c2ccccc2)C(C)C)c(C(C)(C)C)c1. The molecule has 28 heavy (non-hydrogen) atoms. The number of rotatable bonds is 4. The third-order valence-corrected chi connectivity index (χ3v) is 5.13. The Kier molecular flexibility index (Phi) is 6.43. The molecule has 0 spiro atoms. The summed E-state index contributed by atoms with van der Waals surface area (Å²) in [6.45, 7) is 19.3. The predicted molar refractivity (Wildman–Crippen MR) is 118 cm³/mol. The summed E-state index contributed by atoms with van der Waals surface area (Å²) < 4.78 is 6.22. The van der Waals surface area contributed by atoms with Crippen molar-refractivity contribution in [3.63, 3.8) is 0 Å². The summed E-state index contributed by atoms with van der Waals surface area (Å²) in [5.74, 6) is 0.415. The summed E-state index contributed by atoms with van der Waals surface area (Å²) in [5, 5.41) is 0. The molecule has 0 radical (unpaired) electrons. The summed E-state index contributed by atoms with van der Waals surface area (Å²) in [4.78, 5) is 13.4. The Morgan fingerprint density at radius 3 is 1.71 bits per heavy atom. The molecule has 0 fully saturated rings. The van der Waals surface area contributed by atoms with Crippen molar-refractivity contribution >= 4 is 5.97 Å². The van der Waals surface area contributed by atoms with E-state index in [4.69, 9.17) is 4.74 Å². The molecule has 0 saturated carbocycles. The van der Waals surface area contributed by atoms with Crippen LogP contribution in [0.5, 0.6) is 5.75 Å². The van der Waals surface area contributed by atoms with Crippen LogP contribution in [0.1, 0.15) is 83.6 Å². The maximum atomic E-state index is 13.4. The molecule has 2 aromatic carbocycles. The van der Waals surface area contributed by atoms with E-state index < -0.39 is 0 Å². The highest BCUT2D eigenvalue weighted by molar-refractivity contribution is 5.81. The molecular formula is C26H36O2. The first-order chi connectivity index (χ1) is 12.8. The maximum Gasteiger partial charge on any atom is 0.319 e. The summed E-state index contributed by atoms with van der Waals surface area (Å²) in [7, 11) is 0. The Hall–Kier alpha value is -2.09. The van der Waals surface area contributed by atoms with Gasteiger partial charge in [-0.3, -0.25) is 4.79 Å². The van der Waals surface area contributed by atoms with Crippen molar-refractivity contribution in [2.24, 2.45) is 5.92 Å². The first-order valence-electron chi connectivity index (χ1n) is 10.2. The van der Waals surface area contributed by atoms with E-state index in [2.05, 4.69) is 74.4 Å². The highest BCUT2D eigenvalue weighted by atomic mass is 16.5. The van der Waals surface area contributed by atoms with Gasteiger partial charge in [0.25, 0.3) is 0 Å². The van der Waals surface area contributed by atoms with Gasteiger partial charge in [-0.05, 0) is 29.2 Å². The van der Waals surface area contributed by atoms with Crippen molar-refractivity contribution in [1.29, 1.82) is 0 Å². The number of carbonyl (C=O) groups is 1. The lowest BCUT2D eigenvalue weighted by molar-refractivity contribution is -0.137. The Morgan fingerprint density at radius 1 is 0.857 bits per heavy atom. The fourth-order valence-electron chi connectivity index (χ4n) is 3.61. The van der Waals surface area contributed by atoms with E-state index in [9.17, 15) is 4.79 Å². The molecule has 0 saturated heterocycles. The molecule has 1 unspecified atom stereocenters. The molecule has 2 nitrogen and oxygen atoms in total. The van der Waals surface area contributed by atoms with E-state index in [1.165, 1.54) is 5.56 Å². The molecule has 0 N–H and O–H groups in total. The van der Waals surface area contributed by atoms with E-state index in [1.54, 1.807) is 0 Å². The van der Waals surface area contributed by atoms with Crippen molar-refractivity contribution in [2.45, 2.75) is 79.1 Å². The van der Waals surface area contributed by atoms with Crippen LogP contribution in [0, 0.1) is 12.8 Å². The van der Waals surface area contributed by atoms with E-state index >= 15 is 0 Å². The third-order valence-electron chi connectivity index (χ3n) is 5.13. The lowest BCUT2D eigenvalue weighted by Crippen LogP contribution is -2.27. The molecule has 2 rings (SSSR count). The molecule has 152 valence electrons. The van der Waals surface area contributed by atoms with Gasteiger partial charge < -0.3 is 4.74 Å². The summed E-state index contributed by atoms with van der Waals surface area (Å²) in [6.07, 6.45) is 0. The van der Waals surface area contributed by atoms with Gasteiger partial charge in [-0.15, -0.1) is 0 Å². The first kappa shape index (κ1) is 22.2. The van der Waals surface area contributed by atoms with E-state index in [1.807, 2.05) is 30.3 Å². The predicted octanol–water partition coefficient (Wildman–Crippen LogP) is 6.94. The van der Waals surface area contributed by atoms with Crippen LogP contribution in [0.4, 0.5) is 0 Å². The Balaban J connectivity index is 2.59. The number of hydrogen-bond acceptors (Lipinski definition) is 2. The number of benzene rings is 2. The van der Waals surface area contributed by atoms with Crippen LogP contribution in [-0.2, 0) is 15.6 Å². The van der Waals surface area contributed by atoms with Crippen LogP contribution in [-0.4, -0.2) is 5.97 Å². The molecule has 0 heterocycles. The molecule has 0 aliphatic rings. The van der Waals surface area contributed by atoms with Crippen molar-refractivity contribution in [2.75, 3.05) is 0 Å². The Labute approximate surface area is 171 Å². The normalized spacial score (nSPS) is 13.5. The van der Waals surface area contributed by atoms with Crippen molar-refractivity contribution < 1.29 is 9.53 Å². The second-order valence-electron chi connectivity index (χ2n) is 10.2. The smallest absolute Gasteiger partial charge is 0.319 e. The maximum absolute atomic E-state index is 13.4. The van der Waals surface area contributed by atoms with Crippen LogP contribution in [0.15, 0.2) is 42.5 Å². The number of esters is 1. The zero-order valence-corrected chi connectivity index (χ0v) is 19.0. The van der Waals surface area contributed by atoms with Crippen LogP contribution in [0.25, 0.3) is 0 Å². The standard InChI is InChI=1S/C26H36O2/c1-17(2)22(19-13-11-10-12-14-19)24(27)28-23-20(25(4,5)6)15-18(3)16-21(23)26(7,8)9/h10-17,22H,1-9H3. The van der Waals surface area contributed by atoms with Crippen LogP contribution in [0.3, 0.4) is 0 Å². The lowest BCUT2D eigenvalue weighted by atomic mass is 9.78. The summed E-state index contributed by atoms with van der Waals surface area (Å²) in [5.41, 5.74) is 4.12. The zero-order chi connectivity index (χ0) is 21.3. The number of ether oxygens (including phenoxy) is 1. The molecule has 0 bridgehead atoms. The average Bonchev–Trinajstić information content (AvgIpc) is 2.55. The fourth-order valence-corrected chi connectivity index (χ4v) is 3.61. The number of carbonyl (C=O) groups excluding carboxylic acids is 1. The minimum atomic E-state index is -0.289. The second-order valence-corrected chi connectivity index (χ2v) is 10.2. The Bertz CT molecular complexity index is 783. The van der Waals surface area contributed by atoms with E-state index in [-0.39, 0.29) is 28.6 Å². The van der Waals surface area contributed by atoms with E-state index in [0.717, 1.165) is 22.4 Å².